The second-order valence-corrected chi connectivity index (χ2v) is 6.02. The van der Waals surface area contributed by atoms with Crippen molar-refractivity contribution in [1.82, 2.24) is 19.9 Å². The van der Waals surface area contributed by atoms with Crippen LogP contribution in [0, 0.1) is 0 Å². The number of aromatic nitrogens is 3. The average Bonchev–Trinajstić information content (AvgIpc) is 3.09. The van der Waals surface area contributed by atoms with E-state index >= 15 is 0 Å². The standard InChI is InChI=1S/C16H18N4O4/c1-16(2,24-3)13(15(22)23)18-14(21)10-8-12-17-9-6-4-5-7-11(9)20(12)19-10/h4-8,13,17H,1-3H3,(H,18,21)(H,22,23). The van der Waals surface area contributed by atoms with E-state index in [-0.39, 0.29) is 5.69 Å². The number of para-hydroxylation sites is 2. The van der Waals surface area contributed by atoms with Gasteiger partial charge in [0.25, 0.3) is 5.91 Å². The third-order valence-electron chi connectivity index (χ3n) is 4.08. The first-order chi connectivity index (χ1) is 11.3. The van der Waals surface area contributed by atoms with Gasteiger partial charge in [0.1, 0.15) is 5.65 Å². The number of nitrogens with one attached hydrogen (secondary N) is 2. The largest absolute Gasteiger partial charge is 0.480 e. The van der Waals surface area contributed by atoms with Crippen LogP contribution < -0.4 is 5.32 Å². The van der Waals surface area contributed by atoms with Gasteiger partial charge in [-0.05, 0) is 26.0 Å². The number of ether oxygens (including phenoxy) is 1. The van der Waals surface area contributed by atoms with E-state index in [1.54, 1.807) is 24.4 Å². The van der Waals surface area contributed by atoms with Crippen LogP contribution in [0.1, 0.15) is 24.3 Å². The lowest BCUT2D eigenvalue weighted by molar-refractivity contribution is -0.146. The molecule has 1 unspecified atom stereocenters. The first-order valence-corrected chi connectivity index (χ1v) is 7.39. The van der Waals surface area contributed by atoms with Gasteiger partial charge in [-0.3, -0.25) is 4.79 Å². The molecule has 0 saturated carbocycles. The highest BCUT2D eigenvalue weighted by Gasteiger charge is 2.37. The highest BCUT2D eigenvalue weighted by atomic mass is 16.5. The Morgan fingerprint density at radius 2 is 2.08 bits per heavy atom. The Bertz CT molecular complexity index is 925. The molecular formula is C16H18N4O4. The molecule has 126 valence electrons. The highest BCUT2D eigenvalue weighted by molar-refractivity contribution is 5.96. The van der Waals surface area contributed by atoms with Gasteiger partial charge in [-0.25, -0.2) is 9.31 Å². The molecule has 24 heavy (non-hydrogen) atoms. The van der Waals surface area contributed by atoms with Crippen molar-refractivity contribution in [3.05, 3.63) is 36.0 Å². The number of H-pyrrole nitrogens is 1. The number of carboxylic acid groups (broad SMARTS) is 1. The molecule has 2 aromatic heterocycles. The van der Waals surface area contributed by atoms with E-state index in [4.69, 9.17) is 4.74 Å². The minimum Gasteiger partial charge on any atom is -0.480 e. The molecule has 0 saturated heterocycles. The van der Waals surface area contributed by atoms with E-state index in [9.17, 15) is 14.7 Å². The number of rotatable bonds is 5. The van der Waals surface area contributed by atoms with Gasteiger partial charge in [-0.1, -0.05) is 12.1 Å². The molecule has 1 amide bonds. The van der Waals surface area contributed by atoms with Gasteiger partial charge in [-0.15, -0.1) is 0 Å². The van der Waals surface area contributed by atoms with E-state index < -0.39 is 23.5 Å². The van der Waals surface area contributed by atoms with Gasteiger partial charge < -0.3 is 20.1 Å². The average molecular weight is 330 g/mol. The van der Waals surface area contributed by atoms with Crippen LogP contribution >= 0.6 is 0 Å². The molecule has 0 aliphatic carbocycles. The lowest BCUT2D eigenvalue weighted by Gasteiger charge is -2.30. The maximum Gasteiger partial charge on any atom is 0.329 e. The Balaban J connectivity index is 1.92. The summed E-state index contributed by atoms with van der Waals surface area (Å²) in [5.74, 6) is -1.75. The van der Waals surface area contributed by atoms with Gasteiger partial charge in [0.05, 0.1) is 16.6 Å². The van der Waals surface area contributed by atoms with Crippen LogP contribution in [-0.2, 0) is 9.53 Å². The first kappa shape index (κ1) is 16.0. The van der Waals surface area contributed by atoms with Crippen LogP contribution in [-0.4, -0.2) is 50.3 Å². The van der Waals surface area contributed by atoms with Gasteiger partial charge in [0, 0.05) is 13.2 Å². The smallest absolute Gasteiger partial charge is 0.329 e. The van der Waals surface area contributed by atoms with Crippen molar-refractivity contribution < 1.29 is 19.4 Å². The van der Waals surface area contributed by atoms with Crippen molar-refractivity contribution in [1.29, 1.82) is 0 Å². The van der Waals surface area contributed by atoms with Crippen molar-refractivity contribution in [2.75, 3.05) is 7.11 Å². The molecule has 8 nitrogen and oxygen atoms in total. The van der Waals surface area contributed by atoms with Gasteiger partial charge >= 0.3 is 5.97 Å². The second kappa shape index (κ2) is 5.64. The maximum atomic E-state index is 12.4. The third-order valence-corrected chi connectivity index (χ3v) is 4.08. The molecule has 0 radical (unpaired) electrons. The number of methoxy groups -OCH3 is 1. The molecule has 3 N–H and O–H groups in total. The molecule has 0 fully saturated rings. The lowest BCUT2D eigenvalue weighted by atomic mass is 9.98. The van der Waals surface area contributed by atoms with Gasteiger partial charge in [-0.2, -0.15) is 5.10 Å². The molecular weight excluding hydrogens is 312 g/mol. The van der Waals surface area contributed by atoms with Crippen LogP contribution in [0.15, 0.2) is 30.3 Å². The first-order valence-electron chi connectivity index (χ1n) is 7.39. The predicted molar refractivity (Wildman–Crippen MR) is 87.0 cm³/mol. The van der Waals surface area contributed by atoms with E-state index in [1.165, 1.54) is 7.11 Å². The van der Waals surface area contributed by atoms with Crippen molar-refractivity contribution in [3.63, 3.8) is 0 Å². The number of hydrogen-bond acceptors (Lipinski definition) is 4. The van der Waals surface area contributed by atoms with Crippen LogP contribution in [0.3, 0.4) is 0 Å². The summed E-state index contributed by atoms with van der Waals surface area (Å²) in [5, 5.41) is 16.1. The Hall–Kier alpha value is -2.87. The van der Waals surface area contributed by atoms with Crippen molar-refractivity contribution >= 4 is 28.6 Å². The topological polar surface area (TPSA) is 109 Å². The van der Waals surface area contributed by atoms with E-state index in [0.717, 1.165) is 11.0 Å². The van der Waals surface area contributed by atoms with Crippen molar-refractivity contribution in [2.24, 2.45) is 0 Å². The number of benzene rings is 1. The Kier molecular flexibility index (Phi) is 3.76. The zero-order valence-electron chi connectivity index (χ0n) is 13.5. The molecule has 3 aromatic rings. The zero-order valence-corrected chi connectivity index (χ0v) is 13.5. The van der Waals surface area contributed by atoms with Gasteiger partial charge in [0.2, 0.25) is 0 Å². The molecule has 0 aliphatic heterocycles. The molecule has 1 atom stereocenters. The summed E-state index contributed by atoms with van der Waals surface area (Å²) in [5.41, 5.74) is 1.45. The number of aromatic amines is 1. The number of imidazole rings is 1. The molecule has 0 spiro atoms. The molecule has 0 aliphatic rings. The summed E-state index contributed by atoms with van der Waals surface area (Å²) in [6.07, 6.45) is 0. The van der Waals surface area contributed by atoms with E-state index in [2.05, 4.69) is 15.4 Å². The number of amides is 1. The van der Waals surface area contributed by atoms with E-state index in [1.807, 2.05) is 24.3 Å². The Labute approximate surface area is 137 Å². The summed E-state index contributed by atoms with van der Waals surface area (Å²) in [6.45, 7) is 3.19. The lowest BCUT2D eigenvalue weighted by Crippen LogP contribution is -2.55. The number of fused-ring (bicyclic) bond motifs is 3. The Morgan fingerprint density at radius 3 is 2.75 bits per heavy atom. The zero-order chi connectivity index (χ0) is 17.5. The van der Waals surface area contributed by atoms with Gasteiger partial charge in [0.15, 0.2) is 11.7 Å². The van der Waals surface area contributed by atoms with Crippen LogP contribution in [0.5, 0.6) is 0 Å². The molecule has 1 aromatic carbocycles. The van der Waals surface area contributed by atoms with Crippen molar-refractivity contribution in [3.8, 4) is 0 Å². The quantitative estimate of drug-likeness (QED) is 0.655. The maximum absolute atomic E-state index is 12.4. The number of nitrogens with zero attached hydrogens (tertiary/aromatic N) is 2. The summed E-state index contributed by atoms with van der Waals surface area (Å²) in [7, 11) is 1.40. The molecule has 3 rings (SSSR count). The summed E-state index contributed by atoms with van der Waals surface area (Å²) in [4.78, 5) is 27.0. The predicted octanol–water partition coefficient (Wildman–Crippen LogP) is 1.42. The number of carboxylic acids is 1. The van der Waals surface area contributed by atoms with Crippen molar-refractivity contribution in [2.45, 2.75) is 25.5 Å². The highest BCUT2D eigenvalue weighted by Crippen LogP contribution is 2.18. The summed E-state index contributed by atoms with van der Waals surface area (Å²) >= 11 is 0. The fourth-order valence-corrected chi connectivity index (χ4v) is 2.52. The number of carbonyl (C=O) groups is 2. The molecule has 0 bridgehead atoms. The fraction of sp³-hybridized carbons (Fsp3) is 0.312. The third kappa shape index (κ3) is 2.61. The normalized spacial score (nSPS) is 13.3. The SMILES string of the molecule is COC(C)(C)C(NC(=O)c1cc2[nH]c3ccccc3n2n1)C(=O)O. The summed E-state index contributed by atoms with van der Waals surface area (Å²) in [6, 6.07) is 7.93. The van der Waals surface area contributed by atoms with Crippen LogP contribution in [0.25, 0.3) is 16.7 Å². The second-order valence-electron chi connectivity index (χ2n) is 6.02. The minimum atomic E-state index is -1.20. The summed E-state index contributed by atoms with van der Waals surface area (Å²) < 4.78 is 6.78. The van der Waals surface area contributed by atoms with E-state index in [0.29, 0.717) is 5.65 Å². The molecule has 8 heteroatoms. The monoisotopic (exact) mass is 330 g/mol. The molecule has 2 heterocycles. The Morgan fingerprint density at radius 1 is 1.38 bits per heavy atom. The van der Waals surface area contributed by atoms with Crippen LogP contribution in [0.2, 0.25) is 0 Å². The van der Waals surface area contributed by atoms with Crippen LogP contribution in [0.4, 0.5) is 0 Å². The minimum absolute atomic E-state index is 0.130. The number of hydrogen-bond donors (Lipinski definition) is 3. The number of aliphatic carboxylic acids is 1. The number of carbonyl (C=O) groups excluding carboxylic acids is 1. The fourth-order valence-electron chi connectivity index (χ4n) is 2.52.